The fourth-order valence-corrected chi connectivity index (χ4v) is 3.06. The molecule has 0 aromatic heterocycles. The maximum atomic E-state index is 13.5. The average molecular weight is 378 g/mol. The summed E-state index contributed by atoms with van der Waals surface area (Å²) in [5, 5.41) is 3.10. The molecule has 0 saturated heterocycles. The minimum Gasteiger partial charge on any atom is -0.203 e. The Kier molecular flexibility index (Phi) is 5.12. The van der Waals surface area contributed by atoms with Crippen molar-refractivity contribution in [3.05, 3.63) is 64.0 Å². The molecule has 0 bridgehead atoms. The van der Waals surface area contributed by atoms with Gasteiger partial charge in [-0.15, -0.1) is 0 Å². The number of hydrazone groups is 1. The van der Waals surface area contributed by atoms with Crippen molar-refractivity contribution in [2.24, 2.45) is 5.10 Å². The summed E-state index contributed by atoms with van der Waals surface area (Å²) in [4.78, 5) is 1.53. The van der Waals surface area contributed by atoms with Crippen molar-refractivity contribution in [2.75, 3.05) is 0 Å². The molecule has 2 rings (SSSR count). The zero-order valence-electron chi connectivity index (χ0n) is 12.9. The fraction of sp³-hybridized carbons (Fsp3) is 0.133. The number of halogens is 5. The van der Waals surface area contributed by atoms with E-state index in [2.05, 4.69) is 5.10 Å². The Morgan fingerprint density at radius 3 is 2.00 bits per heavy atom. The highest BCUT2D eigenvalue weighted by Gasteiger charge is 2.25. The van der Waals surface area contributed by atoms with E-state index in [-0.39, 0.29) is 11.1 Å². The monoisotopic (exact) mass is 378 g/mol. The summed E-state index contributed by atoms with van der Waals surface area (Å²) in [5.41, 5.74) is -0.348. The summed E-state index contributed by atoms with van der Waals surface area (Å²) in [6.07, 6.45) is 0.207. The van der Waals surface area contributed by atoms with Gasteiger partial charge in [-0.2, -0.15) is 13.5 Å². The first-order chi connectivity index (χ1) is 11.6. The quantitative estimate of drug-likeness (QED) is 0.292. The van der Waals surface area contributed by atoms with Gasteiger partial charge in [0.2, 0.25) is 5.82 Å². The van der Waals surface area contributed by atoms with Crippen molar-refractivity contribution in [3.8, 4) is 0 Å². The number of nitrogens with one attached hydrogen (secondary N) is 1. The van der Waals surface area contributed by atoms with Crippen molar-refractivity contribution in [1.82, 2.24) is 4.83 Å². The third-order valence-electron chi connectivity index (χ3n) is 3.24. The molecule has 2 aromatic carbocycles. The lowest BCUT2D eigenvalue weighted by Crippen LogP contribution is -2.20. The van der Waals surface area contributed by atoms with E-state index in [0.29, 0.717) is 11.1 Å². The number of aryl methyl sites for hydroxylation is 2. The standard InChI is InChI=1S/C15H11F5N2O2S/c1-7-3-4-8(2)10(5-7)25(23,24)22-21-6-9-11(16)13(18)15(20)14(19)12(9)17/h3-6,22H,1-2H3/b21-6-. The van der Waals surface area contributed by atoms with Crippen LogP contribution in [-0.4, -0.2) is 14.6 Å². The van der Waals surface area contributed by atoms with E-state index in [0.717, 1.165) is 0 Å². The number of hydrogen-bond donors (Lipinski definition) is 1. The fourth-order valence-electron chi connectivity index (χ4n) is 1.94. The Morgan fingerprint density at radius 1 is 0.920 bits per heavy atom. The maximum absolute atomic E-state index is 13.5. The van der Waals surface area contributed by atoms with Gasteiger partial charge < -0.3 is 0 Å². The lowest BCUT2D eigenvalue weighted by atomic mass is 10.2. The summed E-state index contributed by atoms with van der Waals surface area (Å²) in [5.74, 6) is -10.9. The summed E-state index contributed by atoms with van der Waals surface area (Å²) < 4.78 is 90.3. The largest absolute Gasteiger partial charge is 0.276 e. The number of nitrogens with zero attached hydrogens (tertiary/aromatic N) is 1. The highest BCUT2D eigenvalue weighted by molar-refractivity contribution is 7.89. The minimum absolute atomic E-state index is 0.137. The molecule has 0 saturated carbocycles. The first-order valence-corrected chi connectivity index (χ1v) is 8.18. The average Bonchev–Trinajstić information content (AvgIpc) is 2.56. The molecule has 2 aromatic rings. The van der Waals surface area contributed by atoms with E-state index in [1.54, 1.807) is 17.8 Å². The Morgan fingerprint density at radius 2 is 1.44 bits per heavy atom. The van der Waals surface area contributed by atoms with Gasteiger partial charge >= 0.3 is 0 Å². The zero-order chi connectivity index (χ0) is 18.9. The maximum Gasteiger partial charge on any atom is 0.276 e. The van der Waals surface area contributed by atoms with Gasteiger partial charge in [0.1, 0.15) is 0 Å². The molecule has 4 nitrogen and oxygen atoms in total. The van der Waals surface area contributed by atoms with Gasteiger partial charge in [-0.05, 0) is 31.0 Å². The Labute approximate surface area is 140 Å². The van der Waals surface area contributed by atoms with Crippen molar-refractivity contribution in [3.63, 3.8) is 0 Å². The summed E-state index contributed by atoms with van der Waals surface area (Å²) in [7, 11) is -4.19. The smallest absolute Gasteiger partial charge is 0.203 e. The summed E-state index contributed by atoms with van der Waals surface area (Å²) >= 11 is 0. The van der Waals surface area contributed by atoms with E-state index in [1.165, 1.54) is 19.1 Å². The Hall–Kier alpha value is -2.49. The predicted octanol–water partition coefficient (Wildman–Crippen LogP) is 3.31. The van der Waals surface area contributed by atoms with Crippen LogP contribution in [0.3, 0.4) is 0 Å². The van der Waals surface area contributed by atoms with Crippen LogP contribution in [0.1, 0.15) is 16.7 Å². The van der Waals surface area contributed by atoms with Crippen molar-refractivity contribution in [1.29, 1.82) is 0 Å². The third-order valence-corrected chi connectivity index (χ3v) is 4.61. The van der Waals surface area contributed by atoms with Crippen LogP contribution in [0.25, 0.3) is 0 Å². The van der Waals surface area contributed by atoms with Gasteiger partial charge in [-0.1, -0.05) is 12.1 Å². The molecule has 0 radical (unpaired) electrons. The van der Waals surface area contributed by atoms with E-state index in [1.807, 2.05) is 0 Å². The van der Waals surface area contributed by atoms with E-state index >= 15 is 0 Å². The topological polar surface area (TPSA) is 58.5 Å². The number of hydrogen-bond acceptors (Lipinski definition) is 3. The Balaban J connectivity index is 2.37. The second-order valence-corrected chi connectivity index (χ2v) is 6.73. The molecule has 0 fully saturated rings. The molecule has 0 heterocycles. The lowest BCUT2D eigenvalue weighted by molar-refractivity contribution is 0.377. The second-order valence-electron chi connectivity index (χ2n) is 5.11. The van der Waals surface area contributed by atoms with Crippen molar-refractivity contribution in [2.45, 2.75) is 18.7 Å². The lowest BCUT2D eigenvalue weighted by Gasteiger charge is -2.08. The van der Waals surface area contributed by atoms with Gasteiger partial charge in [-0.25, -0.2) is 26.8 Å². The molecular formula is C15H11F5N2O2S. The van der Waals surface area contributed by atoms with Crippen LogP contribution in [0.2, 0.25) is 0 Å². The van der Waals surface area contributed by atoms with Crippen LogP contribution in [0.15, 0.2) is 28.2 Å². The van der Waals surface area contributed by atoms with Crippen LogP contribution < -0.4 is 4.83 Å². The molecule has 0 aliphatic carbocycles. The van der Waals surface area contributed by atoms with Crippen LogP contribution in [0.5, 0.6) is 0 Å². The molecule has 1 N–H and O–H groups in total. The number of sulfonamides is 1. The Bertz CT molecular complexity index is 945. The minimum atomic E-state index is -4.19. The predicted molar refractivity (Wildman–Crippen MR) is 80.1 cm³/mol. The highest BCUT2D eigenvalue weighted by Crippen LogP contribution is 2.22. The normalized spacial score (nSPS) is 12.0. The molecular weight excluding hydrogens is 367 g/mol. The van der Waals surface area contributed by atoms with E-state index in [4.69, 9.17) is 0 Å². The van der Waals surface area contributed by atoms with Gasteiger partial charge in [0, 0.05) is 0 Å². The zero-order valence-corrected chi connectivity index (χ0v) is 13.7. The van der Waals surface area contributed by atoms with Crippen LogP contribution in [-0.2, 0) is 10.0 Å². The highest BCUT2D eigenvalue weighted by atomic mass is 32.2. The molecule has 0 aliphatic rings. The van der Waals surface area contributed by atoms with Crippen LogP contribution in [0.4, 0.5) is 22.0 Å². The van der Waals surface area contributed by atoms with Crippen molar-refractivity contribution < 1.29 is 30.4 Å². The second kappa shape index (κ2) is 6.79. The van der Waals surface area contributed by atoms with Gasteiger partial charge in [0.05, 0.1) is 16.7 Å². The molecule has 0 spiro atoms. The molecule has 10 heteroatoms. The van der Waals surface area contributed by atoms with Crippen molar-refractivity contribution >= 4 is 16.2 Å². The molecule has 0 unspecified atom stereocenters. The number of benzene rings is 2. The van der Waals surface area contributed by atoms with E-state index in [9.17, 15) is 30.4 Å². The summed E-state index contributed by atoms with van der Waals surface area (Å²) in [6.45, 7) is 3.17. The van der Waals surface area contributed by atoms with E-state index < -0.39 is 44.7 Å². The SMILES string of the molecule is Cc1ccc(C)c(S(=O)(=O)N/N=C\c2c(F)c(F)c(F)c(F)c2F)c1. The van der Waals surface area contributed by atoms with Gasteiger partial charge in [0.15, 0.2) is 23.3 Å². The molecule has 25 heavy (non-hydrogen) atoms. The van der Waals surface area contributed by atoms with Gasteiger partial charge in [-0.3, -0.25) is 0 Å². The molecule has 0 atom stereocenters. The number of rotatable bonds is 4. The van der Waals surface area contributed by atoms with Crippen LogP contribution >= 0.6 is 0 Å². The van der Waals surface area contributed by atoms with Crippen LogP contribution in [0, 0.1) is 42.9 Å². The summed E-state index contributed by atoms with van der Waals surface area (Å²) in [6, 6.07) is 4.55. The van der Waals surface area contributed by atoms with Gasteiger partial charge in [0.25, 0.3) is 10.0 Å². The molecule has 134 valence electrons. The third kappa shape index (κ3) is 3.63. The molecule has 0 aliphatic heterocycles. The first-order valence-electron chi connectivity index (χ1n) is 6.70. The molecule has 0 amide bonds. The first kappa shape index (κ1) is 18.8.